The fourth-order valence-electron chi connectivity index (χ4n) is 2.13. The number of nitrogens with zero attached hydrogens (tertiary/aromatic N) is 2. The van der Waals surface area contributed by atoms with Gasteiger partial charge in [0.15, 0.2) is 0 Å². The fraction of sp³-hybridized carbons (Fsp3) is 0.500. The third-order valence-electron chi connectivity index (χ3n) is 3.58. The standard InChI is InChI=1S/C14H18N2O/c1-16(13-3-2-4-13)10-14(17)12-7-5-11(9-15)6-8-12/h5-8,13-14,17H,2-4,10H2,1H3. The van der Waals surface area contributed by atoms with Crippen molar-refractivity contribution in [3.05, 3.63) is 35.4 Å². The summed E-state index contributed by atoms with van der Waals surface area (Å²) < 4.78 is 0. The molecular weight excluding hydrogens is 212 g/mol. The Morgan fingerprint density at radius 2 is 2.06 bits per heavy atom. The molecule has 1 aromatic carbocycles. The molecule has 2 rings (SSSR count). The van der Waals surface area contributed by atoms with Crippen molar-refractivity contribution in [3.63, 3.8) is 0 Å². The van der Waals surface area contributed by atoms with Gasteiger partial charge >= 0.3 is 0 Å². The summed E-state index contributed by atoms with van der Waals surface area (Å²) in [5, 5.41) is 18.8. The highest BCUT2D eigenvalue weighted by atomic mass is 16.3. The molecule has 1 aromatic rings. The van der Waals surface area contributed by atoms with Crippen LogP contribution in [-0.2, 0) is 0 Å². The zero-order chi connectivity index (χ0) is 12.3. The molecule has 0 bridgehead atoms. The van der Waals surface area contributed by atoms with E-state index in [9.17, 15) is 5.11 Å². The number of rotatable bonds is 4. The van der Waals surface area contributed by atoms with Crippen molar-refractivity contribution in [2.45, 2.75) is 31.4 Å². The largest absolute Gasteiger partial charge is 0.387 e. The van der Waals surface area contributed by atoms with Crippen LogP contribution in [-0.4, -0.2) is 29.6 Å². The summed E-state index contributed by atoms with van der Waals surface area (Å²) in [5.41, 5.74) is 1.52. The second-order valence-electron chi connectivity index (χ2n) is 4.77. The molecule has 0 amide bonds. The Morgan fingerprint density at radius 3 is 2.53 bits per heavy atom. The molecule has 1 unspecified atom stereocenters. The highest BCUT2D eigenvalue weighted by Gasteiger charge is 2.23. The van der Waals surface area contributed by atoms with Gasteiger partial charge in [0.05, 0.1) is 17.7 Å². The molecule has 0 radical (unpaired) electrons. The molecule has 1 aliphatic rings. The van der Waals surface area contributed by atoms with Crippen molar-refractivity contribution in [3.8, 4) is 6.07 Å². The van der Waals surface area contributed by atoms with E-state index < -0.39 is 6.10 Å². The van der Waals surface area contributed by atoms with Gasteiger partial charge in [-0.15, -0.1) is 0 Å². The summed E-state index contributed by atoms with van der Waals surface area (Å²) in [5.74, 6) is 0. The Kier molecular flexibility index (Phi) is 3.78. The van der Waals surface area contributed by atoms with Crippen LogP contribution in [0.5, 0.6) is 0 Å². The van der Waals surface area contributed by atoms with Crippen LogP contribution >= 0.6 is 0 Å². The lowest BCUT2D eigenvalue weighted by atomic mass is 9.91. The van der Waals surface area contributed by atoms with Gasteiger partial charge in [0.1, 0.15) is 0 Å². The number of aliphatic hydroxyl groups excluding tert-OH is 1. The third-order valence-corrected chi connectivity index (χ3v) is 3.58. The number of nitriles is 1. The first kappa shape index (κ1) is 12.1. The Labute approximate surface area is 102 Å². The van der Waals surface area contributed by atoms with E-state index >= 15 is 0 Å². The van der Waals surface area contributed by atoms with E-state index in [1.165, 1.54) is 19.3 Å². The maximum atomic E-state index is 10.1. The molecule has 1 N–H and O–H groups in total. The van der Waals surface area contributed by atoms with Gasteiger partial charge in [0, 0.05) is 12.6 Å². The van der Waals surface area contributed by atoms with Crippen LogP contribution < -0.4 is 0 Å². The molecule has 90 valence electrons. The van der Waals surface area contributed by atoms with Crippen LogP contribution in [0.2, 0.25) is 0 Å². The Bertz CT molecular complexity index is 403. The van der Waals surface area contributed by atoms with Crippen LogP contribution in [0.15, 0.2) is 24.3 Å². The summed E-state index contributed by atoms with van der Waals surface area (Å²) in [6, 6.07) is 9.89. The van der Waals surface area contributed by atoms with E-state index in [-0.39, 0.29) is 0 Å². The van der Waals surface area contributed by atoms with Crippen LogP contribution in [0.1, 0.15) is 36.5 Å². The maximum absolute atomic E-state index is 10.1. The minimum atomic E-state index is -0.464. The Hall–Kier alpha value is -1.37. The Balaban J connectivity index is 1.94. The normalized spacial score (nSPS) is 17.5. The van der Waals surface area contributed by atoms with Crippen molar-refractivity contribution in [2.75, 3.05) is 13.6 Å². The summed E-state index contributed by atoms with van der Waals surface area (Å²) in [4.78, 5) is 2.23. The predicted molar refractivity (Wildman–Crippen MR) is 66.4 cm³/mol. The first-order valence-electron chi connectivity index (χ1n) is 6.09. The van der Waals surface area contributed by atoms with Gasteiger partial charge in [-0.1, -0.05) is 18.6 Å². The van der Waals surface area contributed by atoms with Crippen molar-refractivity contribution in [1.82, 2.24) is 4.90 Å². The molecule has 1 aliphatic carbocycles. The molecule has 0 aliphatic heterocycles. The van der Waals surface area contributed by atoms with Crippen LogP contribution in [0.4, 0.5) is 0 Å². The lowest BCUT2D eigenvalue weighted by molar-refractivity contribution is 0.0776. The fourth-order valence-corrected chi connectivity index (χ4v) is 2.13. The average molecular weight is 230 g/mol. The van der Waals surface area contributed by atoms with Crippen LogP contribution in [0, 0.1) is 11.3 Å². The van der Waals surface area contributed by atoms with Gasteiger partial charge < -0.3 is 10.0 Å². The minimum Gasteiger partial charge on any atom is -0.387 e. The molecule has 3 heteroatoms. The van der Waals surface area contributed by atoms with Crippen LogP contribution in [0.25, 0.3) is 0 Å². The number of likely N-dealkylation sites (N-methyl/N-ethyl adjacent to an activating group) is 1. The maximum Gasteiger partial charge on any atom is 0.0991 e. The monoisotopic (exact) mass is 230 g/mol. The molecule has 0 heterocycles. The molecular formula is C14H18N2O. The number of aliphatic hydroxyl groups is 1. The molecule has 0 spiro atoms. The molecule has 1 atom stereocenters. The van der Waals surface area contributed by atoms with Crippen LogP contribution in [0.3, 0.4) is 0 Å². The van der Waals surface area contributed by atoms with Gasteiger partial charge in [0.25, 0.3) is 0 Å². The second-order valence-corrected chi connectivity index (χ2v) is 4.77. The van der Waals surface area contributed by atoms with E-state index in [0.29, 0.717) is 18.2 Å². The molecule has 1 saturated carbocycles. The highest BCUT2D eigenvalue weighted by molar-refractivity contribution is 5.32. The van der Waals surface area contributed by atoms with E-state index in [4.69, 9.17) is 5.26 Å². The first-order chi connectivity index (χ1) is 8.20. The first-order valence-corrected chi connectivity index (χ1v) is 6.09. The lowest BCUT2D eigenvalue weighted by Crippen LogP contribution is -2.39. The van der Waals surface area contributed by atoms with Gasteiger partial charge in [0.2, 0.25) is 0 Å². The van der Waals surface area contributed by atoms with Gasteiger partial charge in [-0.05, 0) is 37.6 Å². The van der Waals surface area contributed by atoms with E-state index in [1.807, 2.05) is 12.1 Å². The highest BCUT2D eigenvalue weighted by Crippen LogP contribution is 2.25. The second kappa shape index (κ2) is 5.31. The predicted octanol–water partition coefficient (Wildman–Crippen LogP) is 2.08. The number of benzene rings is 1. The molecule has 1 fully saturated rings. The Morgan fingerprint density at radius 1 is 1.41 bits per heavy atom. The smallest absolute Gasteiger partial charge is 0.0991 e. The average Bonchev–Trinajstić information content (AvgIpc) is 2.26. The summed E-state index contributed by atoms with van der Waals surface area (Å²) in [6.45, 7) is 0.663. The van der Waals surface area contributed by atoms with Crippen molar-refractivity contribution in [1.29, 1.82) is 5.26 Å². The molecule has 3 nitrogen and oxygen atoms in total. The summed E-state index contributed by atoms with van der Waals surface area (Å²) >= 11 is 0. The third kappa shape index (κ3) is 2.85. The van der Waals surface area contributed by atoms with Gasteiger partial charge in [-0.2, -0.15) is 5.26 Å². The topological polar surface area (TPSA) is 47.3 Å². The van der Waals surface area contributed by atoms with Gasteiger partial charge in [-0.25, -0.2) is 0 Å². The number of hydrogen-bond donors (Lipinski definition) is 1. The molecule has 0 aromatic heterocycles. The van der Waals surface area contributed by atoms with E-state index in [1.54, 1.807) is 12.1 Å². The van der Waals surface area contributed by atoms with Crippen molar-refractivity contribution < 1.29 is 5.11 Å². The summed E-state index contributed by atoms with van der Waals surface area (Å²) in [7, 11) is 2.07. The summed E-state index contributed by atoms with van der Waals surface area (Å²) in [6.07, 6.45) is 3.34. The molecule has 0 saturated heterocycles. The zero-order valence-corrected chi connectivity index (χ0v) is 10.1. The van der Waals surface area contributed by atoms with Crippen molar-refractivity contribution in [2.24, 2.45) is 0 Å². The van der Waals surface area contributed by atoms with E-state index in [0.717, 1.165) is 5.56 Å². The number of hydrogen-bond acceptors (Lipinski definition) is 3. The SMILES string of the molecule is CN(CC(O)c1ccc(C#N)cc1)C1CCC1. The van der Waals surface area contributed by atoms with Crippen molar-refractivity contribution >= 4 is 0 Å². The van der Waals surface area contributed by atoms with E-state index in [2.05, 4.69) is 18.0 Å². The quantitative estimate of drug-likeness (QED) is 0.861. The minimum absolute atomic E-state index is 0.464. The lowest BCUT2D eigenvalue weighted by Gasteiger charge is -2.35. The van der Waals surface area contributed by atoms with Gasteiger partial charge in [-0.3, -0.25) is 0 Å². The zero-order valence-electron chi connectivity index (χ0n) is 10.1. The molecule has 17 heavy (non-hydrogen) atoms.